The lowest BCUT2D eigenvalue weighted by Gasteiger charge is -2.17. The number of nitrogens with two attached hydrogens (primary N) is 1. The molecule has 0 heterocycles. The van der Waals surface area contributed by atoms with Crippen LogP contribution in [-0.4, -0.2) is 14.1 Å². The Bertz CT molecular complexity index is 520. The Hall–Kier alpha value is -1.51. The van der Waals surface area contributed by atoms with Crippen LogP contribution in [0.3, 0.4) is 0 Å². The molecule has 1 unspecified atom stereocenters. The van der Waals surface area contributed by atoms with E-state index in [-0.39, 0.29) is 6.04 Å². The lowest BCUT2D eigenvalue weighted by Crippen LogP contribution is -2.14. The number of rotatable bonds is 3. The fourth-order valence-electron chi connectivity index (χ4n) is 1.86. The molecule has 1 atom stereocenters. The van der Waals surface area contributed by atoms with Crippen LogP contribution in [0.25, 0.3) is 0 Å². The van der Waals surface area contributed by atoms with Crippen LogP contribution < -0.4 is 10.6 Å². The number of nitrogens with zero attached hydrogens (tertiary/aromatic N) is 1. The van der Waals surface area contributed by atoms with Gasteiger partial charge in [0.15, 0.2) is 0 Å². The van der Waals surface area contributed by atoms with Crippen LogP contribution in [0.2, 0.25) is 5.02 Å². The molecule has 0 aliphatic carbocycles. The first kappa shape index (κ1) is 12.9. The Morgan fingerprint density at radius 1 is 1.00 bits per heavy atom. The Kier molecular flexibility index (Phi) is 3.90. The second-order valence-electron chi connectivity index (χ2n) is 4.52. The first-order chi connectivity index (χ1) is 8.58. The standard InChI is InChI=1S/C15H17ClN2/c1-18(2)14-5-3-4-12(10-14)15(17)11-6-8-13(16)9-7-11/h3-10,15H,17H2,1-2H3. The molecule has 18 heavy (non-hydrogen) atoms. The molecule has 0 saturated heterocycles. The molecule has 0 spiro atoms. The van der Waals surface area contributed by atoms with Gasteiger partial charge in [0.25, 0.3) is 0 Å². The van der Waals surface area contributed by atoms with E-state index in [0.717, 1.165) is 21.8 Å². The normalized spacial score (nSPS) is 12.2. The van der Waals surface area contributed by atoms with Gasteiger partial charge in [0.05, 0.1) is 6.04 Å². The molecule has 0 radical (unpaired) electrons. The molecular weight excluding hydrogens is 244 g/mol. The monoisotopic (exact) mass is 260 g/mol. The van der Waals surface area contributed by atoms with E-state index in [4.69, 9.17) is 17.3 Å². The molecule has 0 fully saturated rings. The van der Waals surface area contributed by atoms with Gasteiger partial charge in [0.2, 0.25) is 0 Å². The van der Waals surface area contributed by atoms with Crippen molar-refractivity contribution in [2.24, 2.45) is 5.73 Å². The summed E-state index contributed by atoms with van der Waals surface area (Å²) in [5, 5.41) is 0.730. The van der Waals surface area contributed by atoms with Crippen LogP contribution in [-0.2, 0) is 0 Å². The highest BCUT2D eigenvalue weighted by atomic mass is 35.5. The van der Waals surface area contributed by atoms with E-state index >= 15 is 0 Å². The van der Waals surface area contributed by atoms with Crippen molar-refractivity contribution in [2.75, 3.05) is 19.0 Å². The minimum absolute atomic E-state index is 0.123. The average Bonchev–Trinajstić information content (AvgIpc) is 2.39. The van der Waals surface area contributed by atoms with Crippen LogP contribution in [0.5, 0.6) is 0 Å². The zero-order chi connectivity index (χ0) is 13.1. The van der Waals surface area contributed by atoms with Crippen LogP contribution in [0, 0.1) is 0 Å². The molecule has 0 amide bonds. The topological polar surface area (TPSA) is 29.3 Å². The maximum absolute atomic E-state index is 6.27. The van der Waals surface area contributed by atoms with Gasteiger partial charge in [-0.3, -0.25) is 0 Å². The van der Waals surface area contributed by atoms with E-state index in [1.807, 2.05) is 50.5 Å². The summed E-state index contributed by atoms with van der Waals surface area (Å²) >= 11 is 5.88. The molecule has 2 aromatic carbocycles. The first-order valence-electron chi connectivity index (χ1n) is 5.86. The molecule has 2 N–H and O–H groups in total. The Balaban J connectivity index is 2.30. The van der Waals surface area contributed by atoms with Gasteiger partial charge in [0.1, 0.15) is 0 Å². The SMILES string of the molecule is CN(C)c1cccc(C(N)c2ccc(Cl)cc2)c1. The number of anilines is 1. The molecule has 2 nitrogen and oxygen atoms in total. The van der Waals surface area contributed by atoms with Crippen LogP contribution >= 0.6 is 11.6 Å². The minimum Gasteiger partial charge on any atom is -0.378 e. The summed E-state index contributed by atoms with van der Waals surface area (Å²) in [6.45, 7) is 0. The molecule has 0 saturated carbocycles. The largest absolute Gasteiger partial charge is 0.378 e. The second-order valence-corrected chi connectivity index (χ2v) is 4.96. The summed E-state index contributed by atoms with van der Waals surface area (Å²) in [6.07, 6.45) is 0. The van der Waals surface area contributed by atoms with Crippen molar-refractivity contribution >= 4 is 17.3 Å². The van der Waals surface area contributed by atoms with Crippen LogP contribution in [0.15, 0.2) is 48.5 Å². The molecule has 3 heteroatoms. The molecule has 0 bridgehead atoms. The number of halogens is 1. The van der Waals surface area contributed by atoms with E-state index in [2.05, 4.69) is 17.0 Å². The molecule has 0 aliphatic heterocycles. The van der Waals surface area contributed by atoms with E-state index in [0.29, 0.717) is 0 Å². The van der Waals surface area contributed by atoms with Gasteiger partial charge in [-0.25, -0.2) is 0 Å². The lowest BCUT2D eigenvalue weighted by atomic mass is 9.99. The third-order valence-corrected chi connectivity index (χ3v) is 3.23. The highest BCUT2D eigenvalue weighted by Gasteiger charge is 2.09. The summed E-state index contributed by atoms with van der Waals surface area (Å²) in [5.41, 5.74) is 9.59. The van der Waals surface area contributed by atoms with Gasteiger partial charge in [-0.2, -0.15) is 0 Å². The summed E-state index contributed by atoms with van der Waals surface area (Å²) in [5.74, 6) is 0. The van der Waals surface area contributed by atoms with Crippen molar-refractivity contribution < 1.29 is 0 Å². The van der Waals surface area contributed by atoms with Crippen molar-refractivity contribution in [3.05, 3.63) is 64.7 Å². The average molecular weight is 261 g/mol. The maximum Gasteiger partial charge on any atom is 0.0552 e. The minimum atomic E-state index is -0.123. The second kappa shape index (κ2) is 5.42. The van der Waals surface area contributed by atoms with Crippen molar-refractivity contribution in [3.63, 3.8) is 0 Å². The molecule has 94 valence electrons. The molecule has 0 aromatic heterocycles. The van der Waals surface area contributed by atoms with Crippen molar-refractivity contribution in [1.82, 2.24) is 0 Å². The summed E-state index contributed by atoms with van der Waals surface area (Å²) in [4.78, 5) is 2.07. The molecule has 2 rings (SSSR count). The third-order valence-electron chi connectivity index (χ3n) is 2.97. The number of hydrogen-bond donors (Lipinski definition) is 1. The Labute approximate surface area is 113 Å². The summed E-state index contributed by atoms with van der Waals surface area (Å²) in [6, 6.07) is 15.8. The fraction of sp³-hybridized carbons (Fsp3) is 0.200. The summed E-state index contributed by atoms with van der Waals surface area (Å²) in [7, 11) is 4.04. The van der Waals surface area contributed by atoms with Gasteiger partial charge < -0.3 is 10.6 Å². The van der Waals surface area contributed by atoms with E-state index in [1.54, 1.807) is 0 Å². The zero-order valence-corrected chi connectivity index (χ0v) is 11.4. The third kappa shape index (κ3) is 2.84. The highest BCUT2D eigenvalue weighted by molar-refractivity contribution is 6.30. The van der Waals surface area contributed by atoms with E-state index in [9.17, 15) is 0 Å². The van der Waals surface area contributed by atoms with E-state index in [1.165, 1.54) is 0 Å². The van der Waals surface area contributed by atoms with Crippen molar-refractivity contribution in [2.45, 2.75) is 6.04 Å². The van der Waals surface area contributed by atoms with Crippen LogP contribution in [0.1, 0.15) is 17.2 Å². The highest BCUT2D eigenvalue weighted by Crippen LogP contribution is 2.24. The van der Waals surface area contributed by atoms with Gasteiger partial charge >= 0.3 is 0 Å². The van der Waals surface area contributed by atoms with Crippen LogP contribution in [0.4, 0.5) is 5.69 Å². The molecule has 0 aliphatic rings. The number of benzene rings is 2. The smallest absolute Gasteiger partial charge is 0.0552 e. The fourth-order valence-corrected chi connectivity index (χ4v) is 1.98. The zero-order valence-electron chi connectivity index (χ0n) is 10.6. The van der Waals surface area contributed by atoms with Crippen molar-refractivity contribution in [1.29, 1.82) is 0 Å². The Morgan fingerprint density at radius 2 is 1.67 bits per heavy atom. The van der Waals surface area contributed by atoms with Gasteiger partial charge in [-0.05, 0) is 35.4 Å². The maximum atomic E-state index is 6.27. The predicted molar refractivity (Wildman–Crippen MR) is 78.3 cm³/mol. The van der Waals surface area contributed by atoms with Gasteiger partial charge in [-0.15, -0.1) is 0 Å². The number of hydrogen-bond acceptors (Lipinski definition) is 2. The summed E-state index contributed by atoms with van der Waals surface area (Å²) < 4.78 is 0. The first-order valence-corrected chi connectivity index (χ1v) is 6.24. The van der Waals surface area contributed by atoms with Crippen molar-refractivity contribution in [3.8, 4) is 0 Å². The quantitative estimate of drug-likeness (QED) is 0.916. The predicted octanol–water partition coefficient (Wildman–Crippen LogP) is 3.45. The van der Waals surface area contributed by atoms with Gasteiger partial charge in [0, 0.05) is 24.8 Å². The van der Waals surface area contributed by atoms with E-state index < -0.39 is 0 Å². The molecule has 2 aromatic rings. The van der Waals surface area contributed by atoms with Gasteiger partial charge in [-0.1, -0.05) is 35.9 Å². The Morgan fingerprint density at radius 3 is 2.28 bits per heavy atom. The molecular formula is C15H17ClN2. The lowest BCUT2D eigenvalue weighted by molar-refractivity contribution is 0.870.